The molecular weight excluding hydrogens is 627 g/mol. The summed E-state index contributed by atoms with van der Waals surface area (Å²) in [5.74, 6) is 12.9. The van der Waals surface area contributed by atoms with Crippen molar-refractivity contribution in [1.29, 1.82) is 0 Å². The van der Waals surface area contributed by atoms with E-state index < -0.39 is 46.1 Å². The van der Waals surface area contributed by atoms with Crippen LogP contribution in [0.3, 0.4) is 0 Å². The van der Waals surface area contributed by atoms with E-state index >= 15 is 0 Å². The van der Waals surface area contributed by atoms with Gasteiger partial charge in [-0.1, -0.05) is 0 Å². The average molecular weight is 651 g/mol. The number of hydrogen-bond donors (Lipinski definition) is 2. The van der Waals surface area contributed by atoms with E-state index in [0.717, 1.165) is 44.5 Å². The molecule has 0 radical (unpaired) electrons. The molecule has 4 aromatic rings. The van der Waals surface area contributed by atoms with Crippen LogP contribution in [-0.4, -0.2) is 12.2 Å². The molecule has 202 valence electrons. The first-order valence-electron chi connectivity index (χ1n) is 13.1. The van der Waals surface area contributed by atoms with Crippen LogP contribution in [0, 0.1) is 23.7 Å². The normalized spacial score (nSPS) is 16.0. The quantitative estimate of drug-likeness (QED) is 0.202. The van der Waals surface area contributed by atoms with Crippen LogP contribution >= 0.6 is 0 Å². The van der Waals surface area contributed by atoms with E-state index in [4.69, 9.17) is 9.47 Å². The first-order valence-corrected chi connectivity index (χ1v) is 15.2. The van der Waals surface area contributed by atoms with Gasteiger partial charge in [0.15, 0.2) is 0 Å². The van der Waals surface area contributed by atoms with E-state index in [1.54, 1.807) is 0 Å². The molecule has 0 bridgehead atoms. The second kappa shape index (κ2) is 12.2. The molecule has 0 fully saturated rings. The van der Waals surface area contributed by atoms with Gasteiger partial charge >= 0.3 is 250 Å². The minimum atomic E-state index is -1.29. The van der Waals surface area contributed by atoms with Crippen molar-refractivity contribution in [1.82, 2.24) is 7.06 Å². The Morgan fingerprint density at radius 3 is 1.39 bits per heavy atom. The summed E-state index contributed by atoms with van der Waals surface area (Å²) in [5, 5.41) is 0. The van der Waals surface area contributed by atoms with E-state index in [1.165, 1.54) is 0 Å². The molecule has 6 rings (SSSR count). The number of amides is 2. The maximum absolute atomic E-state index is 12.8. The van der Waals surface area contributed by atoms with Crippen LogP contribution in [0.5, 0.6) is 0 Å². The van der Waals surface area contributed by atoms with Gasteiger partial charge in [0.1, 0.15) is 0 Å². The molecule has 2 aliphatic carbocycles. The first-order chi connectivity index (χ1) is 20.1. The zero-order valence-electron chi connectivity index (χ0n) is 21.8. The van der Waals surface area contributed by atoms with Gasteiger partial charge in [0.2, 0.25) is 0 Å². The van der Waals surface area contributed by atoms with Crippen molar-refractivity contribution in [3.63, 3.8) is 0 Å². The molecule has 0 aromatic heterocycles. The molecule has 2 amide bonds. The second-order valence-corrected chi connectivity index (χ2v) is 11.1. The third-order valence-electron chi connectivity index (χ3n) is 6.87. The van der Waals surface area contributed by atoms with Crippen molar-refractivity contribution in [3.8, 4) is 23.7 Å². The molecule has 0 aliphatic heterocycles. The van der Waals surface area contributed by atoms with Gasteiger partial charge in [-0.15, -0.1) is 0 Å². The summed E-state index contributed by atoms with van der Waals surface area (Å²) >= 11 is -1.29. The maximum atomic E-state index is 12.8. The molecule has 2 aliphatic rings. The van der Waals surface area contributed by atoms with Gasteiger partial charge < -0.3 is 0 Å². The summed E-state index contributed by atoms with van der Waals surface area (Å²) in [6.45, 7) is 0. The van der Waals surface area contributed by atoms with Crippen LogP contribution in [0.15, 0.2) is 97.1 Å². The van der Waals surface area contributed by atoms with Crippen LogP contribution in [0.2, 0.25) is 0 Å². The van der Waals surface area contributed by atoms with Crippen molar-refractivity contribution >= 4 is 12.2 Å². The van der Waals surface area contributed by atoms with Gasteiger partial charge in [-0.25, -0.2) is 0 Å². The topological polar surface area (TPSA) is 76.7 Å². The van der Waals surface area contributed by atoms with Crippen molar-refractivity contribution in [2.75, 3.05) is 0 Å². The summed E-state index contributed by atoms with van der Waals surface area (Å²) in [5.41, 5.74) is 7.19. The van der Waals surface area contributed by atoms with Gasteiger partial charge in [0, 0.05) is 0 Å². The summed E-state index contributed by atoms with van der Waals surface area (Å²) in [6, 6.07) is 31.1. The first kappa shape index (κ1) is 26.5. The second-order valence-electron chi connectivity index (χ2n) is 9.47. The number of ether oxygens (including phenoxy) is 2. The predicted molar refractivity (Wildman–Crippen MR) is 150 cm³/mol. The number of hydrogen-bond acceptors (Lipinski definition) is 4. The Labute approximate surface area is 249 Å². The van der Waals surface area contributed by atoms with Crippen LogP contribution in [0.25, 0.3) is 0 Å². The standard InChI is InChI=1S/C34H24IN2O4/c38-33(40-31-21-27-13-3-1-9-23(27)17-19-25-11-5-7-15-29(25)31)36-35-37-34(39)41-32-22-28-14-4-2-10-24(28)18-20-26-12-6-8-16-30(26)32/h1-16,31-32H,21-22H2,(H,36,38)(H,37,39)/q-1. The summed E-state index contributed by atoms with van der Waals surface area (Å²) < 4.78 is 17.2. The number of carbonyl (C=O) groups is 2. The minimum absolute atomic E-state index is 0.495. The van der Waals surface area contributed by atoms with E-state index in [2.05, 4.69) is 30.7 Å². The SMILES string of the molecule is O=C(N[I-]NC(=O)OC1Cc2ccccc2C#Cc2ccccc21)OC1Cc2ccccc2C#Cc2ccccc21. The summed E-state index contributed by atoms with van der Waals surface area (Å²) in [4.78, 5) is 25.7. The number of halogens is 1. The fraction of sp³-hybridized carbons (Fsp3) is 0.118. The third-order valence-corrected chi connectivity index (χ3v) is 8.29. The van der Waals surface area contributed by atoms with Crippen LogP contribution in [0.4, 0.5) is 9.59 Å². The zero-order valence-corrected chi connectivity index (χ0v) is 24.0. The Bertz CT molecular complexity index is 1630. The number of nitrogens with one attached hydrogen (secondary N) is 2. The Morgan fingerprint density at radius 1 is 0.561 bits per heavy atom. The van der Waals surface area contributed by atoms with Gasteiger partial charge in [-0.2, -0.15) is 0 Å². The molecule has 7 heteroatoms. The summed E-state index contributed by atoms with van der Waals surface area (Å²) in [6.07, 6.45) is -1.27. The summed E-state index contributed by atoms with van der Waals surface area (Å²) in [7, 11) is 0. The monoisotopic (exact) mass is 651 g/mol. The molecular formula is C34H24IN2O4-. The van der Waals surface area contributed by atoms with E-state index in [-0.39, 0.29) is 0 Å². The Morgan fingerprint density at radius 2 is 0.927 bits per heavy atom. The van der Waals surface area contributed by atoms with Gasteiger partial charge in [-0.05, 0) is 0 Å². The van der Waals surface area contributed by atoms with Gasteiger partial charge in [-0.3, -0.25) is 0 Å². The fourth-order valence-corrected chi connectivity index (χ4v) is 5.76. The van der Waals surface area contributed by atoms with Crippen LogP contribution in [-0.2, 0) is 22.3 Å². The molecule has 2 unspecified atom stereocenters. The Kier molecular flexibility index (Phi) is 7.88. The molecule has 41 heavy (non-hydrogen) atoms. The molecule has 6 nitrogen and oxygen atoms in total. The van der Waals surface area contributed by atoms with Crippen LogP contribution < -0.4 is 28.8 Å². The van der Waals surface area contributed by atoms with E-state index in [1.807, 2.05) is 97.1 Å². The van der Waals surface area contributed by atoms with Crippen molar-refractivity contribution in [3.05, 3.63) is 142 Å². The van der Waals surface area contributed by atoms with Crippen molar-refractivity contribution in [2.24, 2.45) is 0 Å². The molecule has 2 N–H and O–H groups in total. The zero-order chi connectivity index (χ0) is 28.0. The van der Waals surface area contributed by atoms with Crippen LogP contribution in [0.1, 0.15) is 56.7 Å². The Hall–Kier alpha value is -4.73. The van der Waals surface area contributed by atoms with E-state index in [9.17, 15) is 9.59 Å². The van der Waals surface area contributed by atoms with E-state index in [0.29, 0.717) is 12.8 Å². The molecule has 0 saturated heterocycles. The number of carbonyl (C=O) groups excluding carboxylic acids is 2. The molecule has 4 aromatic carbocycles. The number of benzene rings is 4. The Balaban J connectivity index is 1.10. The van der Waals surface area contributed by atoms with Crippen molar-refractivity contribution in [2.45, 2.75) is 25.0 Å². The fourth-order valence-electron chi connectivity index (χ4n) is 4.93. The van der Waals surface area contributed by atoms with Crippen molar-refractivity contribution < 1.29 is 40.8 Å². The number of fused-ring (bicyclic) bond motifs is 4. The third kappa shape index (κ3) is 6.21. The average Bonchev–Trinajstić information content (AvgIpc) is 2.98. The molecule has 2 atom stereocenters. The van der Waals surface area contributed by atoms with Gasteiger partial charge in [0.25, 0.3) is 0 Å². The molecule has 0 heterocycles. The molecule has 0 spiro atoms. The molecule has 0 saturated carbocycles. The van der Waals surface area contributed by atoms with Gasteiger partial charge in [0.05, 0.1) is 0 Å². The number of rotatable bonds is 4. The predicted octanol–water partition coefficient (Wildman–Crippen LogP) is 2.75.